The summed E-state index contributed by atoms with van der Waals surface area (Å²) in [6.07, 6.45) is 0. The lowest BCUT2D eigenvalue weighted by atomic mass is 10.2. The van der Waals surface area contributed by atoms with Crippen LogP contribution in [0.5, 0.6) is 0 Å². The highest BCUT2D eigenvalue weighted by atomic mass is 35.5. The van der Waals surface area contributed by atoms with Crippen LogP contribution in [0.3, 0.4) is 0 Å². The van der Waals surface area contributed by atoms with E-state index in [1.54, 1.807) is 24.3 Å². The van der Waals surface area contributed by atoms with Gasteiger partial charge in [-0.15, -0.1) is 0 Å². The predicted octanol–water partition coefficient (Wildman–Crippen LogP) is 5.12. The Hall–Kier alpha value is -1.53. The van der Waals surface area contributed by atoms with E-state index in [0.717, 1.165) is 6.07 Å². The molecule has 7 heteroatoms. The smallest absolute Gasteiger partial charge is 0.288 e. The number of nitrogens with two attached hydrogens (primary N) is 1. The van der Waals surface area contributed by atoms with E-state index in [2.05, 4.69) is 5.32 Å². The number of halogens is 4. The molecule has 0 atom stereocenters. The molecule has 0 bridgehead atoms. The second-order valence-electron chi connectivity index (χ2n) is 3.85. The number of thioether (sulfide) groups is 1. The van der Waals surface area contributed by atoms with Gasteiger partial charge in [0.15, 0.2) is 0 Å². The van der Waals surface area contributed by atoms with Gasteiger partial charge in [-0.3, -0.25) is 0 Å². The van der Waals surface area contributed by atoms with Gasteiger partial charge in [0.25, 0.3) is 5.76 Å². The molecule has 0 aliphatic carbocycles. The number of hydrogen-bond acceptors (Lipinski definition) is 3. The molecule has 3 N–H and O–H groups in total. The van der Waals surface area contributed by atoms with Crippen molar-refractivity contribution < 1.29 is 13.2 Å². The first-order chi connectivity index (χ1) is 9.47. The van der Waals surface area contributed by atoms with Gasteiger partial charge in [0.2, 0.25) is 0 Å². The lowest BCUT2D eigenvalue weighted by molar-refractivity contribution is 0.252. The van der Waals surface area contributed by atoms with Crippen molar-refractivity contribution in [3.63, 3.8) is 0 Å². The van der Waals surface area contributed by atoms with Crippen molar-refractivity contribution in [2.24, 2.45) is 0 Å². The van der Waals surface area contributed by atoms with Crippen LogP contribution in [0.15, 0.2) is 41.3 Å². The van der Waals surface area contributed by atoms with Crippen LogP contribution in [0.2, 0.25) is 5.02 Å². The van der Waals surface area contributed by atoms with Gasteiger partial charge < -0.3 is 11.1 Å². The third kappa shape index (κ3) is 3.52. The first-order valence-electron chi connectivity index (χ1n) is 5.52. The molecule has 0 amide bonds. The maximum Gasteiger partial charge on any atom is 0.288 e. The summed E-state index contributed by atoms with van der Waals surface area (Å²) in [5.74, 6) is -3.18. The number of alkyl halides is 2. The summed E-state index contributed by atoms with van der Waals surface area (Å²) < 4.78 is 38.4. The van der Waals surface area contributed by atoms with Gasteiger partial charge in [-0.05, 0) is 18.2 Å². The summed E-state index contributed by atoms with van der Waals surface area (Å²) in [6.45, 7) is 0. The predicted molar refractivity (Wildman–Crippen MR) is 77.4 cm³/mol. The Morgan fingerprint density at radius 3 is 2.55 bits per heavy atom. The lowest BCUT2D eigenvalue weighted by Crippen LogP contribution is -1.99. The quantitative estimate of drug-likeness (QED) is 0.607. The Bertz CT molecular complexity index is 623. The van der Waals surface area contributed by atoms with Crippen LogP contribution < -0.4 is 11.1 Å². The van der Waals surface area contributed by atoms with Crippen molar-refractivity contribution in [2.45, 2.75) is 10.7 Å². The average molecular weight is 319 g/mol. The molecule has 2 aromatic rings. The van der Waals surface area contributed by atoms with E-state index in [1.165, 1.54) is 6.07 Å². The molecule has 0 aromatic heterocycles. The number of anilines is 3. The normalized spacial score (nSPS) is 10.8. The molecule has 0 aliphatic heterocycles. The van der Waals surface area contributed by atoms with Crippen molar-refractivity contribution in [1.29, 1.82) is 0 Å². The Kier molecular flexibility index (Phi) is 4.67. The molecule has 0 aliphatic rings. The topological polar surface area (TPSA) is 38.0 Å². The third-order valence-corrected chi connectivity index (χ3v) is 3.54. The van der Waals surface area contributed by atoms with Crippen LogP contribution in [0.4, 0.5) is 30.2 Å². The van der Waals surface area contributed by atoms with E-state index < -0.39 is 11.6 Å². The summed E-state index contributed by atoms with van der Waals surface area (Å²) >= 11 is 6.00. The van der Waals surface area contributed by atoms with Crippen LogP contribution in [0, 0.1) is 5.82 Å². The monoisotopic (exact) mass is 318 g/mol. The van der Waals surface area contributed by atoms with Gasteiger partial charge in [-0.2, -0.15) is 8.78 Å². The second kappa shape index (κ2) is 6.28. The van der Waals surface area contributed by atoms with E-state index in [9.17, 15) is 13.2 Å². The minimum absolute atomic E-state index is 0.0942. The SMILES string of the molecule is Nc1cc(Cl)c(F)cc1Nc1ccccc1SC(F)F. The average Bonchev–Trinajstić information content (AvgIpc) is 2.37. The van der Waals surface area contributed by atoms with E-state index in [4.69, 9.17) is 17.3 Å². The molecule has 0 saturated heterocycles. The van der Waals surface area contributed by atoms with Crippen molar-refractivity contribution in [1.82, 2.24) is 0 Å². The van der Waals surface area contributed by atoms with E-state index in [0.29, 0.717) is 22.3 Å². The Labute approximate surface area is 123 Å². The van der Waals surface area contributed by atoms with Crippen molar-refractivity contribution >= 4 is 40.4 Å². The summed E-state index contributed by atoms with van der Waals surface area (Å²) in [6, 6.07) is 8.86. The minimum Gasteiger partial charge on any atom is -0.397 e. The Morgan fingerprint density at radius 1 is 1.15 bits per heavy atom. The molecule has 0 spiro atoms. The Balaban J connectivity index is 2.33. The number of nitrogen functional groups attached to an aromatic ring is 1. The first kappa shape index (κ1) is 14.9. The fourth-order valence-corrected chi connectivity index (χ4v) is 2.35. The maximum atomic E-state index is 13.4. The van der Waals surface area contributed by atoms with Gasteiger partial charge in [-0.1, -0.05) is 35.5 Å². The largest absolute Gasteiger partial charge is 0.397 e. The van der Waals surface area contributed by atoms with Crippen LogP contribution in [0.1, 0.15) is 0 Å². The number of benzene rings is 2. The summed E-state index contributed by atoms with van der Waals surface area (Å²) in [4.78, 5) is 0.345. The molecule has 2 aromatic carbocycles. The van der Waals surface area contributed by atoms with Crippen LogP contribution in [-0.4, -0.2) is 5.76 Å². The molecule has 0 unspecified atom stereocenters. The van der Waals surface area contributed by atoms with Gasteiger partial charge >= 0.3 is 0 Å². The number of nitrogens with one attached hydrogen (secondary N) is 1. The summed E-state index contributed by atoms with van der Waals surface area (Å²) in [5, 5.41) is 2.74. The molecular formula is C13H10ClF3N2S. The van der Waals surface area contributed by atoms with Crippen LogP contribution in [0.25, 0.3) is 0 Å². The molecule has 106 valence electrons. The molecule has 2 nitrogen and oxygen atoms in total. The van der Waals surface area contributed by atoms with E-state index >= 15 is 0 Å². The lowest BCUT2D eigenvalue weighted by Gasteiger charge is -2.13. The molecule has 0 fully saturated rings. The van der Waals surface area contributed by atoms with Gasteiger partial charge in [0.05, 0.1) is 22.1 Å². The zero-order chi connectivity index (χ0) is 14.7. The van der Waals surface area contributed by atoms with Crippen molar-refractivity contribution in [3.8, 4) is 0 Å². The minimum atomic E-state index is -2.54. The van der Waals surface area contributed by atoms with Gasteiger partial charge in [-0.25, -0.2) is 4.39 Å². The summed E-state index contributed by atoms with van der Waals surface area (Å²) in [7, 11) is 0. The van der Waals surface area contributed by atoms with Crippen molar-refractivity contribution in [2.75, 3.05) is 11.1 Å². The highest BCUT2D eigenvalue weighted by molar-refractivity contribution is 7.99. The molecule has 0 radical (unpaired) electrons. The van der Waals surface area contributed by atoms with E-state index in [1.807, 2.05) is 0 Å². The molecule has 2 rings (SSSR count). The highest BCUT2D eigenvalue weighted by Crippen LogP contribution is 2.35. The van der Waals surface area contributed by atoms with Crippen LogP contribution in [-0.2, 0) is 0 Å². The van der Waals surface area contributed by atoms with Gasteiger partial charge in [0.1, 0.15) is 5.82 Å². The molecular weight excluding hydrogens is 309 g/mol. The molecule has 0 heterocycles. The van der Waals surface area contributed by atoms with E-state index in [-0.39, 0.29) is 16.4 Å². The maximum absolute atomic E-state index is 13.4. The summed E-state index contributed by atoms with van der Waals surface area (Å²) in [5.41, 5.74) is 6.65. The third-order valence-electron chi connectivity index (χ3n) is 2.46. The molecule has 0 saturated carbocycles. The van der Waals surface area contributed by atoms with Crippen molar-refractivity contribution in [3.05, 3.63) is 47.2 Å². The zero-order valence-corrected chi connectivity index (χ0v) is 11.6. The Morgan fingerprint density at radius 2 is 1.85 bits per heavy atom. The molecule has 20 heavy (non-hydrogen) atoms. The zero-order valence-electron chi connectivity index (χ0n) is 10.0. The van der Waals surface area contributed by atoms with Crippen LogP contribution >= 0.6 is 23.4 Å². The van der Waals surface area contributed by atoms with Gasteiger partial charge in [0, 0.05) is 11.0 Å². The first-order valence-corrected chi connectivity index (χ1v) is 6.78. The number of hydrogen-bond donors (Lipinski definition) is 2. The number of rotatable bonds is 4. The second-order valence-corrected chi connectivity index (χ2v) is 5.29. The highest BCUT2D eigenvalue weighted by Gasteiger charge is 2.12. The fraction of sp³-hybridized carbons (Fsp3) is 0.0769. The fourth-order valence-electron chi connectivity index (χ4n) is 1.58. The standard InChI is InChI=1S/C13H10ClF3N2S/c14-7-5-9(18)11(6-8(7)15)19-10-3-1-2-4-12(10)20-13(16)17/h1-6,13,19H,18H2. The number of para-hydroxylation sites is 1.